The molecule has 0 atom stereocenters. The number of nitrogens with one attached hydrogen (secondary N) is 1. The molecule has 0 aliphatic carbocycles. The van der Waals surface area contributed by atoms with Crippen molar-refractivity contribution in [3.8, 4) is 11.4 Å². The van der Waals surface area contributed by atoms with Crippen molar-refractivity contribution < 1.29 is 14.3 Å². The number of carboxylic acid groups (broad SMARTS) is 1. The number of imidazole rings is 1. The lowest BCUT2D eigenvalue weighted by molar-refractivity contribution is 0.0698. The highest BCUT2D eigenvalue weighted by molar-refractivity contribution is 6.30. The van der Waals surface area contributed by atoms with Crippen LogP contribution in [0.15, 0.2) is 36.4 Å². The molecule has 0 amide bonds. The Hall–Kier alpha value is -2.40. The summed E-state index contributed by atoms with van der Waals surface area (Å²) in [6, 6.07) is 9.10. The molecule has 0 bridgehead atoms. The van der Waals surface area contributed by atoms with Gasteiger partial charge in [-0.1, -0.05) is 23.7 Å². The van der Waals surface area contributed by atoms with Gasteiger partial charge in [-0.25, -0.2) is 14.2 Å². The second-order valence-corrected chi connectivity index (χ2v) is 4.69. The molecular weight excluding hydrogens is 283 g/mol. The molecule has 0 fully saturated rings. The summed E-state index contributed by atoms with van der Waals surface area (Å²) in [5.74, 6) is -1.41. The van der Waals surface area contributed by atoms with E-state index in [2.05, 4.69) is 9.97 Å². The normalized spacial score (nSPS) is 10.9. The molecule has 0 spiro atoms. The van der Waals surface area contributed by atoms with E-state index in [1.165, 1.54) is 6.07 Å². The van der Waals surface area contributed by atoms with Crippen LogP contribution in [0.1, 0.15) is 10.4 Å². The Labute approximate surface area is 117 Å². The largest absolute Gasteiger partial charge is 0.478 e. The molecule has 0 radical (unpaired) electrons. The molecule has 1 aromatic heterocycles. The summed E-state index contributed by atoms with van der Waals surface area (Å²) in [5, 5.41) is 9.62. The number of H-pyrrole nitrogens is 1. The molecular formula is C14H8ClFN2O2. The minimum Gasteiger partial charge on any atom is -0.478 e. The van der Waals surface area contributed by atoms with E-state index < -0.39 is 11.8 Å². The van der Waals surface area contributed by atoms with Crippen LogP contribution in [0.4, 0.5) is 4.39 Å². The smallest absolute Gasteiger partial charge is 0.338 e. The van der Waals surface area contributed by atoms with E-state index in [4.69, 9.17) is 16.7 Å². The average molecular weight is 291 g/mol. The minimum atomic E-state index is -1.22. The number of nitrogens with zero attached hydrogens (tertiary/aromatic N) is 1. The Bertz CT molecular complexity index is 829. The summed E-state index contributed by atoms with van der Waals surface area (Å²) in [6.45, 7) is 0. The van der Waals surface area contributed by atoms with Crippen molar-refractivity contribution in [1.82, 2.24) is 9.97 Å². The van der Waals surface area contributed by atoms with Crippen molar-refractivity contribution in [2.75, 3.05) is 0 Å². The van der Waals surface area contributed by atoms with Crippen molar-refractivity contribution in [2.24, 2.45) is 0 Å². The molecule has 2 aromatic carbocycles. The zero-order chi connectivity index (χ0) is 14.3. The van der Waals surface area contributed by atoms with E-state index in [-0.39, 0.29) is 11.1 Å². The van der Waals surface area contributed by atoms with E-state index in [9.17, 15) is 9.18 Å². The Morgan fingerprint density at radius 3 is 2.80 bits per heavy atom. The van der Waals surface area contributed by atoms with Crippen molar-refractivity contribution in [3.05, 3.63) is 52.8 Å². The number of halogens is 2. The van der Waals surface area contributed by atoms with Crippen LogP contribution in [0.5, 0.6) is 0 Å². The van der Waals surface area contributed by atoms with E-state index >= 15 is 0 Å². The molecule has 0 unspecified atom stereocenters. The van der Waals surface area contributed by atoms with Gasteiger partial charge in [-0.15, -0.1) is 0 Å². The fraction of sp³-hybridized carbons (Fsp3) is 0. The van der Waals surface area contributed by atoms with Gasteiger partial charge in [-0.05, 0) is 24.3 Å². The number of fused-ring (bicyclic) bond motifs is 1. The van der Waals surface area contributed by atoms with Gasteiger partial charge in [0.15, 0.2) is 0 Å². The van der Waals surface area contributed by atoms with E-state index in [1.54, 1.807) is 24.3 Å². The summed E-state index contributed by atoms with van der Waals surface area (Å²) in [5.41, 5.74) is 1.07. The number of rotatable bonds is 2. The highest BCUT2D eigenvalue weighted by Gasteiger charge is 2.15. The molecule has 1 heterocycles. The maximum atomic E-state index is 13.4. The first-order valence-corrected chi connectivity index (χ1v) is 6.11. The Kier molecular flexibility index (Phi) is 2.91. The molecule has 0 aliphatic heterocycles. The van der Waals surface area contributed by atoms with Crippen LogP contribution >= 0.6 is 11.6 Å². The van der Waals surface area contributed by atoms with Crippen LogP contribution in [-0.4, -0.2) is 21.0 Å². The third-order valence-electron chi connectivity index (χ3n) is 2.88. The second-order valence-electron chi connectivity index (χ2n) is 4.25. The quantitative estimate of drug-likeness (QED) is 0.756. The molecule has 3 rings (SSSR count). The number of aromatic carboxylic acids is 1. The van der Waals surface area contributed by atoms with E-state index in [1.807, 2.05) is 0 Å². The molecule has 100 valence electrons. The SMILES string of the molecule is O=C(O)c1cc(F)cc2[nH]c(-c3cccc(Cl)c3)nc12. The predicted octanol–water partition coefficient (Wildman–Crippen LogP) is 3.72. The maximum Gasteiger partial charge on any atom is 0.338 e. The second kappa shape index (κ2) is 4.61. The van der Waals surface area contributed by atoms with Gasteiger partial charge in [0.05, 0.1) is 11.1 Å². The van der Waals surface area contributed by atoms with Crippen LogP contribution in [0.2, 0.25) is 5.02 Å². The summed E-state index contributed by atoms with van der Waals surface area (Å²) in [7, 11) is 0. The van der Waals surface area contributed by atoms with Gasteiger partial charge in [0.2, 0.25) is 0 Å². The lowest BCUT2D eigenvalue weighted by Crippen LogP contribution is -1.98. The van der Waals surface area contributed by atoms with Crippen LogP contribution < -0.4 is 0 Å². The molecule has 4 nitrogen and oxygen atoms in total. The number of hydrogen-bond acceptors (Lipinski definition) is 2. The number of aromatic nitrogens is 2. The van der Waals surface area contributed by atoms with Crippen molar-refractivity contribution in [3.63, 3.8) is 0 Å². The third-order valence-corrected chi connectivity index (χ3v) is 3.11. The monoisotopic (exact) mass is 290 g/mol. The van der Waals surface area contributed by atoms with E-state index in [0.717, 1.165) is 6.07 Å². The summed E-state index contributed by atoms with van der Waals surface area (Å²) in [4.78, 5) is 18.3. The van der Waals surface area contributed by atoms with Gasteiger partial charge in [-0.2, -0.15) is 0 Å². The number of carbonyl (C=O) groups is 1. The van der Waals surface area contributed by atoms with Crippen LogP contribution in [0.25, 0.3) is 22.4 Å². The van der Waals surface area contributed by atoms with Crippen LogP contribution in [0.3, 0.4) is 0 Å². The van der Waals surface area contributed by atoms with Crippen molar-refractivity contribution >= 4 is 28.6 Å². The molecule has 0 saturated carbocycles. The highest BCUT2D eigenvalue weighted by Crippen LogP contribution is 2.25. The minimum absolute atomic E-state index is 0.176. The average Bonchev–Trinajstić information content (AvgIpc) is 2.81. The predicted molar refractivity (Wildman–Crippen MR) is 73.5 cm³/mol. The number of aromatic amines is 1. The summed E-state index contributed by atoms with van der Waals surface area (Å²) >= 11 is 5.90. The number of benzene rings is 2. The van der Waals surface area contributed by atoms with Gasteiger partial charge < -0.3 is 10.1 Å². The van der Waals surface area contributed by atoms with Crippen molar-refractivity contribution in [1.29, 1.82) is 0 Å². The highest BCUT2D eigenvalue weighted by atomic mass is 35.5. The van der Waals surface area contributed by atoms with Gasteiger partial charge in [-0.3, -0.25) is 0 Å². The lowest BCUT2D eigenvalue weighted by Gasteiger charge is -1.96. The molecule has 20 heavy (non-hydrogen) atoms. The Balaban J connectivity index is 2.25. The van der Waals surface area contributed by atoms with Crippen LogP contribution in [-0.2, 0) is 0 Å². The lowest BCUT2D eigenvalue weighted by atomic mass is 10.2. The summed E-state index contributed by atoms with van der Waals surface area (Å²) in [6.07, 6.45) is 0. The number of carboxylic acids is 1. The topological polar surface area (TPSA) is 66.0 Å². The first-order chi connectivity index (χ1) is 9.54. The molecule has 6 heteroatoms. The van der Waals surface area contributed by atoms with E-state index in [0.29, 0.717) is 21.9 Å². The van der Waals surface area contributed by atoms with Gasteiger partial charge >= 0.3 is 5.97 Å². The Morgan fingerprint density at radius 1 is 1.30 bits per heavy atom. The first-order valence-electron chi connectivity index (χ1n) is 5.73. The fourth-order valence-corrected chi connectivity index (χ4v) is 2.21. The molecule has 2 N–H and O–H groups in total. The molecule has 3 aromatic rings. The molecule has 0 aliphatic rings. The first kappa shape index (κ1) is 12.6. The van der Waals surface area contributed by atoms with Crippen molar-refractivity contribution in [2.45, 2.75) is 0 Å². The summed E-state index contributed by atoms with van der Waals surface area (Å²) < 4.78 is 13.4. The van der Waals surface area contributed by atoms with Gasteiger partial charge in [0.1, 0.15) is 17.2 Å². The number of hydrogen-bond donors (Lipinski definition) is 2. The zero-order valence-corrected chi connectivity index (χ0v) is 10.8. The maximum absolute atomic E-state index is 13.4. The Morgan fingerprint density at radius 2 is 2.10 bits per heavy atom. The fourth-order valence-electron chi connectivity index (χ4n) is 2.02. The zero-order valence-electron chi connectivity index (χ0n) is 10.0. The molecule has 0 saturated heterocycles. The van der Waals surface area contributed by atoms with Gasteiger partial charge in [0, 0.05) is 10.6 Å². The third kappa shape index (κ3) is 2.12. The van der Waals surface area contributed by atoms with Crippen LogP contribution in [0, 0.1) is 5.82 Å². The standard InChI is InChI=1S/C14H8ClFN2O2/c15-8-3-1-2-7(4-8)13-17-11-6-9(16)5-10(14(19)20)12(11)18-13/h1-6H,(H,17,18)(H,19,20). The van der Waals surface area contributed by atoms with Gasteiger partial charge in [0.25, 0.3) is 0 Å².